The number of nitro benzene ring substituents is 1. The van der Waals surface area contributed by atoms with Crippen LogP contribution in [-0.2, 0) is 0 Å². The van der Waals surface area contributed by atoms with E-state index in [1.165, 1.54) is 42.8 Å². The molecule has 0 aliphatic carbocycles. The van der Waals surface area contributed by atoms with Gasteiger partial charge in [0.1, 0.15) is 5.75 Å². The van der Waals surface area contributed by atoms with Crippen molar-refractivity contribution in [2.24, 2.45) is 0 Å². The van der Waals surface area contributed by atoms with Crippen LogP contribution in [0.15, 0.2) is 54.7 Å². The third kappa shape index (κ3) is 3.55. The lowest BCUT2D eigenvalue weighted by Crippen LogP contribution is -1.92. The topological polar surface area (TPSA) is 94.7 Å². The van der Waals surface area contributed by atoms with E-state index in [0.717, 1.165) is 16.5 Å². The number of aromatic nitrogens is 1. The summed E-state index contributed by atoms with van der Waals surface area (Å²) in [5, 5.41) is 20.5. The van der Waals surface area contributed by atoms with Crippen LogP contribution in [0.5, 0.6) is 23.0 Å². The molecular formula is C20H13FN2O5S. The summed E-state index contributed by atoms with van der Waals surface area (Å²) in [5.41, 5.74) is 1.11. The van der Waals surface area contributed by atoms with E-state index in [9.17, 15) is 19.6 Å². The number of aromatic hydroxyl groups is 1. The lowest BCUT2D eigenvalue weighted by atomic mass is 10.1. The average Bonchev–Trinajstić information content (AvgIpc) is 3.15. The lowest BCUT2D eigenvalue weighted by molar-refractivity contribution is -0.385. The van der Waals surface area contributed by atoms with E-state index in [1.54, 1.807) is 18.2 Å². The van der Waals surface area contributed by atoms with Crippen molar-refractivity contribution in [1.82, 2.24) is 4.98 Å². The maximum atomic E-state index is 14.2. The molecule has 0 atom stereocenters. The molecule has 0 fully saturated rings. The molecule has 0 aliphatic heterocycles. The number of rotatable bonds is 5. The number of methoxy groups -OCH3 is 1. The molecule has 0 radical (unpaired) electrons. The number of phenols is 1. The molecule has 2 heterocycles. The van der Waals surface area contributed by atoms with Crippen molar-refractivity contribution in [3.8, 4) is 33.4 Å². The zero-order valence-electron chi connectivity index (χ0n) is 15.0. The van der Waals surface area contributed by atoms with Gasteiger partial charge in [-0.1, -0.05) is 0 Å². The third-order valence-corrected chi connectivity index (χ3v) is 5.37. The number of halogens is 1. The first-order chi connectivity index (χ1) is 14.0. The van der Waals surface area contributed by atoms with Gasteiger partial charge in [0.15, 0.2) is 23.1 Å². The number of non-ortho nitro benzene ring substituents is 1. The van der Waals surface area contributed by atoms with E-state index in [2.05, 4.69) is 4.98 Å². The number of ether oxygens (including phenoxy) is 2. The Balaban J connectivity index is 1.73. The Bertz CT molecular complexity index is 1240. The minimum atomic E-state index is -0.829. The minimum Gasteiger partial charge on any atom is -0.504 e. The number of hydrogen-bond acceptors (Lipinski definition) is 7. The monoisotopic (exact) mass is 412 g/mol. The fraction of sp³-hybridized carbons (Fsp3) is 0.0500. The summed E-state index contributed by atoms with van der Waals surface area (Å²) in [4.78, 5) is 15.3. The first-order valence-corrected chi connectivity index (χ1v) is 9.15. The number of phenolic OH excluding ortho intramolecular Hbond substituents is 1. The molecule has 2 aromatic heterocycles. The maximum Gasteiger partial charge on any atom is 0.272 e. The summed E-state index contributed by atoms with van der Waals surface area (Å²) in [5.74, 6) is -0.191. The Kier molecular flexibility index (Phi) is 4.73. The van der Waals surface area contributed by atoms with Crippen LogP contribution in [0.2, 0.25) is 0 Å². The molecule has 2 aromatic carbocycles. The molecule has 0 spiro atoms. The predicted octanol–water partition coefficient (Wildman–Crippen LogP) is 5.52. The fourth-order valence-electron chi connectivity index (χ4n) is 2.77. The van der Waals surface area contributed by atoms with Crippen molar-refractivity contribution >= 4 is 27.2 Å². The summed E-state index contributed by atoms with van der Waals surface area (Å²) < 4.78 is 25.7. The summed E-state index contributed by atoms with van der Waals surface area (Å²) >= 11 is 1.38. The van der Waals surface area contributed by atoms with Gasteiger partial charge < -0.3 is 14.6 Å². The Morgan fingerprint density at radius 2 is 1.93 bits per heavy atom. The van der Waals surface area contributed by atoms with Gasteiger partial charge in [0.2, 0.25) is 0 Å². The molecule has 4 aromatic rings. The smallest absolute Gasteiger partial charge is 0.272 e. The molecule has 146 valence electrons. The van der Waals surface area contributed by atoms with Crippen LogP contribution in [0.25, 0.3) is 20.7 Å². The molecule has 9 heteroatoms. The predicted molar refractivity (Wildman–Crippen MR) is 106 cm³/mol. The number of thiophene rings is 1. The van der Waals surface area contributed by atoms with Gasteiger partial charge in [-0.2, -0.15) is 0 Å². The second-order valence-electron chi connectivity index (χ2n) is 5.99. The van der Waals surface area contributed by atoms with E-state index in [0.29, 0.717) is 21.7 Å². The van der Waals surface area contributed by atoms with Gasteiger partial charge in [-0.05, 0) is 35.9 Å². The van der Waals surface area contributed by atoms with Gasteiger partial charge >= 0.3 is 0 Å². The van der Waals surface area contributed by atoms with Crippen LogP contribution in [0, 0.1) is 15.9 Å². The molecule has 0 amide bonds. The first-order valence-electron chi connectivity index (χ1n) is 8.34. The fourth-order valence-corrected chi connectivity index (χ4v) is 3.83. The highest BCUT2D eigenvalue weighted by atomic mass is 32.1. The number of hydrogen-bond donors (Lipinski definition) is 1. The zero-order valence-corrected chi connectivity index (χ0v) is 15.8. The zero-order chi connectivity index (χ0) is 20.5. The molecule has 0 bridgehead atoms. The summed E-state index contributed by atoms with van der Waals surface area (Å²) in [7, 11) is 1.47. The van der Waals surface area contributed by atoms with Gasteiger partial charge in [0.25, 0.3) is 5.69 Å². The summed E-state index contributed by atoms with van der Waals surface area (Å²) in [6.45, 7) is 0. The lowest BCUT2D eigenvalue weighted by Gasteiger charge is -2.07. The highest BCUT2D eigenvalue weighted by Crippen LogP contribution is 2.41. The quantitative estimate of drug-likeness (QED) is 0.343. The second kappa shape index (κ2) is 7.36. The molecule has 0 aliphatic rings. The van der Waals surface area contributed by atoms with Crippen molar-refractivity contribution in [3.05, 3.63) is 70.7 Å². The van der Waals surface area contributed by atoms with Crippen molar-refractivity contribution in [1.29, 1.82) is 0 Å². The summed E-state index contributed by atoms with van der Waals surface area (Å²) in [6.07, 6.45) is 1.54. The van der Waals surface area contributed by atoms with Gasteiger partial charge in [0.05, 0.1) is 28.3 Å². The molecule has 29 heavy (non-hydrogen) atoms. The van der Waals surface area contributed by atoms with E-state index >= 15 is 0 Å². The number of fused-ring (bicyclic) bond motifs is 1. The normalized spacial score (nSPS) is 10.8. The SMILES string of the molecule is COc1cc(-c2cc3nccc(Oc4ccc([N+](=O)[O-])cc4F)c3s2)ccc1O. The van der Waals surface area contributed by atoms with Crippen LogP contribution < -0.4 is 9.47 Å². The van der Waals surface area contributed by atoms with Crippen LogP contribution in [0.1, 0.15) is 0 Å². The molecule has 0 saturated carbocycles. The third-order valence-electron chi connectivity index (χ3n) is 4.19. The Labute approximate surface area is 167 Å². The van der Waals surface area contributed by atoms with Crippen molar-refractivity contribution in [3.63, 3.8) is 0 Å². The first kappa shape index (κ1) is 18.6. The standard InChI is InChI=1S/C20H13FN2O5S/c1-27-18-8-11(2-4-15(18)24)19-10-14-20(29-19)17(6-7-22-14)28-16-5-3-12(23(25)26)9-13(16)21/h2-10,24H,1H3. The highest BCUT2D eigenvalue weighted by molar-refractivity contribution is 7.22. The minimum absolute atomic E-state index is 0.0353. The van der Waals surface area contributed by atoms with Gasteiger partial charge in [0, 0.05) is 23.2 Å². The molecule has 7 nitrogen and oxygen atoms in total. The molecule has 1 N–H and O–H groups in total. The van der Waals surface area contributed by atoms with Crippen molar-refractivity contribution in [2.45, 2.75) is 0 Å². The Hall–Kier alpha value is -3.72. The Morgan fingerprint density at radius 1 is 1.10 bits per heavy atom. The van der Waals surface area contributed by atoms with E-state index in [-0.39, 0.29) is 17.2 Å². The van der Waals surface area contributed by atoms with Gasteiger partial charge in [-0.15, -0.1) is 11.3 Å². The molecule has 0 saturated heterocycles. The van der Waals surface area contributed by atoms with Crippen LogP contribution in [-0.4, -0.2) is 22.1 Å². The number of nitro groups is 1. The largest absolute Gasteiger partial charge is 0.504 e. The van der Waals surface area contributed by atoms with E-state index in [1.807, 2.05) is 6.07 Å². The number of benzene rings is 2. The van der Waals surface area contributed by atoms with Crippen LogP contribution in [0.3, 0.4) is 0 Å². The molecular weight excluding hydrogens is 399 g/mol. The highest BCUT2D eigenvalue weighted by Gasteiger charge is 2.16. The second-order valence-corrected chi connectivity index (χ2v) is 7.05. The molecule has 0 unspecified atom stereocenters. The molecule has 4 rings (SSSR count). The van der Waals surface area contributed by atoms with Crippen LogP contribution in [0.4, 0.5) is 10.1 Å². The number of nitrogens with zero attached hydrogens (tertiary/aromatic N) is 2. The number of pyridine rings is 1. The van der Waals surface area contributed by atoms with Gasteiger partial charge in [-0.25, -0.2) is 4.39 Å². The van der Waals surface area contributed by atoms with Crippen LogP contribution >= 0.6 is 11.3 Å². The maximum absolute atomic E-state index is 14.2. The van der Waals surface area contributed by atoms with Gasteiger partial charge in [-0.3, -0.25) is 15.1 Å². The van der Waals surface area contributed by atoms with E-state index in [4.69, 9.17) is 9.47 Å². The summed E-state index contributed by atoms with van der Waals surface area (Å²) in [6, 6.07) is 11.7. The van der Waals surface area contributed by atoms with Crippen molar-refractivity contribution in [2.75, 3.05) is 7.11 Å². The van der Waals surface area contributed by atoms with E-state index < -0.39 is 10.7 Å². The van der Waals surface area contributed by atoms with Crippen molar-refractivity contribution < 1.29 is 23.9 Å². The average molecular weight is 412 g/mol. The Morgan fingerprint density at radius 3 is 2.66 bits per heavy atom.